The van der Waals surface area contributed by atoms with E-state index in [-0.39, 0.29) is 18.1 Å². The third-order valence-corrected chi connectivity index (χ3v) is 3.73. The molecule has 1 aromatic rings. The normalized spacial score (nSPS) is 16.3. The zero-order chi connectivity index (χ0) is 13.2. The van der Waals surface area contributed by atoms with Gasteiger partial charge in [-0.1, -0.05) is 6.92 Å². The van der Waals surface area contributed by atoms with E-state index in [9.17, 15) is 9.59 Å². The van der Waals surface area contributed by atoms with Gasteiger partial charge in [0.25, 0.3) is 0 Å². The Morgan fingerprint density at radius 3 is 2.78 bits per heavy atom. The van der Waals surface area contributed by atoms with Crippen molar-refractivity contribution < 1.29 is 14.7 Å². The van der Waals surface area contributed by atoms with Crippen molar-refractivity contribution in [1.82, 2.24) is 9.88 Å². The summed E-state index contributed by atoms with van der Waals surface area (Å²) in [7, 11) is 0. The molecule has 0 aliphatic heterocycles. The number of hydrogen-bond acceptors (Lipinski definition) is 2. The molecule has 1 saturated carbocycles. The molecule has 1 heterocycles. The van der Waals surface area contributed by atoms with Crippen molar-refractivity contribution in [3.8, 4) is 0 Å². The molecule has 0 spiro atoms. The highest BCUT2D eigenvalue weighted by atomic mass is 16.4. The Bertz CT molecular complexity index is 461. The van der Waals surface area contributed by atoms with Gasteiger partial charge < -0.3 is 15.0 Å². The smallest absolute Gasteiger partial charge is 0.352 e. The Hall–Kier alpha value is -1.78. The molecule has 0 bridgehead atoms. The van der Waals surface area contributed by atoms with Crippen molar-refractivity contribution in [1.29, 1.82) is 0 Å². The zero-order valence-corrected chi connectivity index (χ0v) is 10.5. The molecule has 0 saturated heterocycles. The van der Waals surface area contributed by atoms with Gasteiger partial charge in [0.15, 0.2) is 0 Å². The summed E-state index contributed by atoms with van der Waals surface area (Å²) in [5.41, 5.74) is 0.448. The van der Waals surface area contributed by atoms with Crippen LogP contribution in [0, 0.1) is 5.41 Å². The van der Waals surface area contributed by atoms with Crippen LogP contribution in [0.4, 0.5) is 0 Å². The highest BCUT2D eigenvalue weighted by Gasteiger charge is 2.40. The van der Waals surface area contributed by atoms with Crippen LogP contribution in [-0.4, -0.2) is 28.1 Å². The largest absolute Gasteiger partial charge is 0.477 e. The van der Waals surface area contributed by atoms with Gasteiger partial charge in [-0.2, -0.15) is 0 Å². The van der Waals surface area contributed by atoms with Crippen LogP contribution in [0.2, 0.25) is 0 Å². The minimum absolute atomic E-state index is 0.0639. The van der Waals surface area contributed by atoms with Crippen molar-refractivity contribution >= 4 is 11.9 Å². The minimum atomic E-state index is -1.01. The number of hydrogen-bond donors (Lipinski definition) is 2. The lowest BCUT2D eigenvalue weighted by atomic mass is 10.0. The molecular weight excluding hydrogens is 232 g/mol. The van der Waals surface area contributed by atoms with Gasteiger partial charge >= 0.3 is 5.97 Å². The summed E-state index contributed by atoms with van der Waals surface area (Å²) in [5.74, 6) is -1.14. The summed E-state index contributed by atoms with van der Waals surface area (Å²) in [4.78, 5) is 22.6. The van der Waals surface area contributed by atoms with Gasteiger partial charge in [-0.15, -0.1) is 0 Å². The Kier molecular flexibility index (Phi) is 3.41. The van der Waals surface area contributed by atoms with Crippen LogP contribution in [0.3, 0.4) is 0 Å². The van der Waals surface area contributed by atoms with Crippen LogP contribution in [0.1, 0.15) is 36.7 Å². The summed E-state index contributed by atoms with van der Waals surface area (Å²) < 4.78 is 1.45. The number of carbonyl (C=O) groups is 2. The first-order valence-corrected chi connectivity index (χ1v) is 6.21. The fourth-order valence-electron chi connectivity index (χ4n) is 2.07. The topological polar surface area (TPSA) is 71.3 Å². The molecular formula is C13H18N2O3. The van der Waals surface area contributed by atoms with Crippen molar-refractivity contribution in [2.45, 2.75) is 32.7 Å². The molecule has 1 aliphatic carbocycles. The maximum atomic E-state index is 11.8. The van der Waals surface area contributed by atoms with Gasteiger partial charge in [-0.05, 0) is 36.8 Å². The first kappa shape index (κ1) is 12.7. The number of amides is 1. The Balaban J connectivity index is 1.87. The standard InChI is InChI=1S/C13H18N2O3/c1-2-13(5-6-13)9-14-11(16)8-15-7-3-4-10(15)12(17)18/h3-4,7H,2,5-6,8-9H2,1H3,(H,14,16)(H,17,18). The fraction of sp³-hybridized carbons (Fsp3) is 0.538. The van der Waals surface area contributed by atoms with Gasteiger partial charge in [0.05, 0.1) is 0 Å². The lowest BCUT2D eigenvalue weighted by Gasteiger charge is -2.14. The lowest BCUT2D eigenvalue weighted by Crippen LogP contribution is -2.33. The number of carbonyl (C=O) groups excluding carboxylic acids is 1. The maximum absolute atomic E-state index is 11.8. The molecule has 1 aromatic heterocycles. The molecule has 1 aliphatic rings. The molecule has 2 N–H and O–H groups in total. The van der Waals surface area contributed by atoms with E-state index in [1.807, 2.05) is 0 Å². The van der Waals surface area contributed by atoms with E-state index < -0.39 is 5.97 Å². The molecule has 1 fully saturated rings. The highest BCUT2D eigenvalue weighted by Crippen LogP contribution is 2.47. The molecule has 5 nitrogen and oxygen atoms in total. The van der Waals surface area contributed by atoms with Gasteiger partial charge in [0.2, 0.25) is 5.91 Å². The van der Waals surface area contributed by atoms with Crippen molar-refractivity contribution in [3.63, 3.8) is 0 Å². The van der Waals surface area contributed by atoms with Crippen LogP contribution in [-0.2, 0) is 11.3 Å². The second-order valence-corrected chi connectivity index (χ2v) is 4.96. The van der Waals surface area contributed by atoms with E-state index in [1.165, 1.54) is 23.5 Å². The molecule has 2 rings (SSSR count). The monoisotopic (exact) mass is 250 g/mol. The average molecular weight is 250 g/mol. The van der Waals surface area contributed by atoms with E-state index in [0.717, 1.165) is 6.42 Å². The van der Waals surface area contributed by atoms with Crippen molar-refractivity contribution in [2.24, 2.45) is 5.41 Å². The molecule has 0 aromatic carbocycles. The first-order valence-electron chi connectivity index (χ1n) is 6.21. The Morgan fingerprint density at radius 1 is 1.50 bits per heavy atom. The number of aromatic nitrogens is 1. The lowest BCUT2D eigenvalue weighted by molar-refractivity contribution is -0.121. The molecule has 0 atom stereocenters. The average Bonchev–Trinajstić information content (AvgIpc) is 2.98. The van der Waals surface area contributed by atoms with Crippen LogP contribution in [0.5, 0.6) is 0 Å². The fourth-order valence-corrected chi connectivity index (χ4v) is 2.07. The van der Waals surface area contributed by atoms with E-state index in [0.29, 0.717) is 12.0 Å². The second kappa shape index (κ2) is 4.84. The Morgan fingerprint density at radius 2 is 2.22 bits per heavy atom. The van der Waals surface area contributed by atoms with E-state index >= 15 is 0 Å². The van der Waals surface area contributed by atoms with Crippen LogP contribution >= 0.6 is 0 Å². The maximum Gasteiger partial charge on any atom is 0.352 e. The van der Waals surface area contributed by atoms with Crippen molar-refractivity contribution in [3.05, 3.63) is 24.0 Å². The SMILES string of the molecule is CCC1(CNC(=O)Cn2cccc2C(=O)O)CC1. The van der Waals surface area contributed by atoms with E-state index in [4.69, 9.17) is 5.11 Å². The molecule has 1 amide bonds. The highest BCUT2D eigenvalue weighted by molar-refractivity contribution is 5.86. The predicted molar refractivity (Wildman–Crippen MR) is 66.4 cm³/mol. The van der Waals surface area contributed by atoms with Crippen LogP contribution < -0.4 is 5.32 Å². The second-order valence-electron chi connectivity index (χ2n) is 4.96. The number of carboxylic acid groups (broad SMARTS) is 1. The number of carboxylic acids is 1. The summed E-state index contributed by atoms with van der Waals surface area (Å²) in [6, 6.07) is 3.12. The summed E-state index contributed by atoms with van der Waals surface area (Å²) in [6.07, 6.45) is 5.04. The Labute approximate surface area is 106 Å². The number of aromatic carboxylic acids is 1. The minimum Gasteiger partial charge on any atom is -0.477 e. The van der Waals surface area contributed by atoms with Crippen molar-refractivity contribution in [2.75, 3.05) is 6.54 Å². The van der Waals surface area contributed by atoms with Gasteiger partial charge in [0, 0.05) is 12.7 Å². The number of nitrogens with one attached hydrogen (secondary N) is 1. The quantitative estimate of drug-likeness (QED) is 0.803. The number of rotatable bonds is 6. The molecule has 0 unspecified atom stereocenters. The van der Waals surface area contributed by atoms with E-state index in [2.05, 4.69) is 12.2 Å². The molecule has 0 radical (unpaired) electrons. The third-order valence-electron chi connectivity index (χ3n) is 3.73. The van der Waals surface area contributed by atoms with Gasteiger partial charge in [0.1, 0.15) is 12.2 Å². The zero-order valence-electron chi connectivity index (χ0n) is 10.5. The molecule has 18 heavy (non-hydrogen) atoms. The van der Waals surface area contributed by atoms with E-state index in [1.54, 1.807) is 12.3 Å². The number of nitrogens with zero attached hydrogens (tertiary/aromatic N) is 1. The summed E-state index contributed by atoms with van der Waals surface area (Å²) in [5, 5.41) is 11.8. The van der Waals surface area contributed by atoms with Crippen LogP contribution in [0.15, 0.2) is 18.3 Å². The summed E-state index contributed by atoms with van der Waals surface area (Å²) >= 11 is 0. The van der Waals surface area contributed by atoms with Crippen LogP contribution in [0.25, 0.3) is 0 Å². The first-order chi connectivity index (χ1) is 8.56. The van der Waals surface area contributed by atoms with Gasteiger partial charge in [-0.3, -0.25) is 4.79 Å². The molecule has 5 heteroatoms. The van der Waals surface area contributed by atoms with Gasteiger partial charge in [-0.25, -0.2) is 4.79 Å². The summed E-state index contributed by atoms with van der Waals surface area (Å²) in [6.45, 7) is 2.90. The predicted octanol–water partition coefficient (Wildman–Crippen LogP) is 1.49. The third kappa shape index (κ3) is 2.72. The molecule has 98 valence electrons.